The lowest BCUT2D eigenvalue weighted by Crippen LogP contribution is -1.92. The van der Waals surface area contributed by atoms with E-state index in [0.29, 0.717) is 17.5 Å². The average molecular weight is 247 g/mol. The third-order valence-electron chi connectivity index (χ3n) is 2.82. The SMILES string of the molecule is C#Cc1cc(O)cc(Cc2cc(C)cc(C#N)c2)c1. The zero-order chi connectivity index (χ0) is 13.8. The van der Waals surface area contributed by atoms with Crippen molar-refractivity contribution in [3.63, 3.8) is 0 Å². The molecule has 0 atom stereocenters. The number of phenols is 1. The van der Waals surface area contributed by atoms with Gasteiger partial charge in [-0.2, -0.15) is 5.26 Å². The number of terminal acetylenes is 1. The van der Waals surface area contributed by atoms with Crippen LogP contribution in [0.4, 0.5) is 0 Å². The van der Waals surface area contributed by atoms with Gasteiger partial charge in [-0.3, -0.25) is 0 Å². The monoisotopic (exact) mass is 247 g/mol. The molecule has 0 aliphatic heterocycles. The molecule has 0 unspecified atom stereocenters. The van der Waals surface area contributed by atoms with E-state index in [2.05, 4.69) is 12.0 Å². The first-order valence-electron chi connectivity index (χ1n) is 5.91. The van der Waals surface area contributed by atoms with E-state index in [9.17, 15) is 5.11 Å². The minimum atomic E-state index is 0.165. The lowest BCUT2D eigenvalue weighted by Gasteiger charge is -2.06. The summed E-state index contributed by atoms with van der Waals surface area (Å²) in [5.74, 6) is 2.68. The Morgan fingerprint density at radius 3 is 2.42 bits per heavy atom. The maximum atomic E-state index is 9.61. The zero-order valence-corrected chi connectivity index (χ0v) is 10.6. The molecule has 0 radical (unpaired) electrons. The Balaban J connectivity index is 2.37. The fourth-order valence-electron chi connectivity index (χ4n) is 2.12. The fraction of sp³-hybridized carbons (Fsp3) is 0.118. The fourth-order valence-corrected chi connectivity index (χ4v) is 2.12. The molecule has 0 aromatic heterocycles. The molecule has 0 saturated carbocycles. The van der Waals surface area contributed by atoms with Crippen LogP contribution in [0.25, 0.3) is 0 Å². The summed E-state index contributed by atoms with van der Waals surface area (Å²) >= 11 is 0. The third-order valence-corrected chi connectivity index (χ3v) is 2.82. The Bertz CT molecular complexity index is 641. The van der Waals surface area contributed by atoms with Crippen molar-refractivity contribution in [2.45, 2.75) is 13.3 Å². The third kappa shape index (κ3) is 3.15. The Kier molecular flexibility index (Phi) is 3.55. The van der Waals surface area contributed by atoms with E-state index in [-0.39, 0.29) is 5.75 Å². The maximum Gasteiger partial charge on any atom is 0.117 e. The van der Waals surface area contributed by atoms with E-state index in [4.69, 9.17) is 11.7 Å². The second kappa shape index (κ2) is 5.29. The average Bonchev–Trinajstić information content (AvgIpc) is 2.37. The van der Waals surface area contributed by atoms with Gasteiger partial charge in [0.05, 0.1) is 11.6 Å². The summed E-state index contributed by atoms with van der Waals surface area (Å²) in [5, 5.41) is 18.6. The van der Waals surface area contributed by atoms with Crippen LogP contribution >= 0.6 is 0 Å². The number of rotatable bonds is 2. The van der Waals surface area contributed by atoms with Crippen LogP contribution in [-0.4, -0.2) is 5.11 Å². The van der Waals surface area contributed by atoms with Crippen molar-refractivity contribution in [2.75, 3.05) is 0 Å². The number of hydrogen-bond acceptors (Lipinski definition) is 2. The van der Waals surface area contributed by atoms with Crippen LogP contribution in [0.5, 0.6) is 5.75 Å². The van der Waals surface area contributed by atoms with Crippen LogP contribution in [-0.2, 0) is 6.42 Å². The van der Waals surface area contributed by atoms with Gasteiger partial charge in [0, 0.05) is 5.56 Å². The van der Waals surface area contributed by atoms with Gasteiger partial charge in [0.15, 0.2) is 0 Å². The number of nitrogens with zero attached hydrogens (tertiary/aromatic N) is 1. The van der Waals surface area contributed by atoms with Gasteiger partial charge in [0.2, 0.25) is 0 Å². The number of aromatic hydroxyl groups is 1. The van der Waals surface area contributed by atoms with Gasteiger partial charge in [-0.15, -0.1) is 6.42 Å². The molecule has 2 rings (SSSR count). The molecule has 2 aromatic rings. The topological polar surface area (TPSA) is 44.0 Å². The highest BCUT2D eigenvalue weighted by atomic mass is 16.3. The Morgan fingerprint density at radius 2 is 1.74 bits per heavy atom. The van der Waals surface area contributed by atoms with Gasteiger partial charge >= 0.3 is 0 Å². The maximum absolute atomic E-state index is 9.61. The largest absolute Gasteiger partial charge is 0.508 e. The van der Waals surface area contributed by atoms with Crippen molar-refractivity contribution in [2.24, 2.45) is 0 Å². The summed E-state index contributed by atoms with van der Waals surface area (Å²) in [7, 11) is 0. The molecule has 0 aliphatic carbocycles. The second-order valence-electron chi connectivity index (χ2n) is 4.53. The molecule has 0 saturated heterocycles. The van der Waals surface area contributed by atoms with Crippen LogP contribution < -0.4 is 0 Å². The highest BCUT2D eigenvalue weighted by Crippen LogP contribution is 2.19. The molecule has 0 amide bonds. The molecule has 2 nitrogen and oxygen atoms in total. The van der Waals surface area contributed by atoms with Crippen molar-refractivity contribution in [1.82, 2.24) is 0 Å². The minimum Gasteiger partial charge on any atom is -0.508 e. The molecule has 0 heterocycles. The molecule has 0 aliphatic rings. The quantitative estimate of drug-likeness (QED) is 0.828. The van der Waals surface area contributed by atoms with Crippen LogP contribution in [0, 0.1) is 30.6 Å². The second-order valence-corrected chi connectivity index (χ2v) is 4.53. The summed E-state index contributed by atoms with van der Waals surface area (Å²) in [6, 6.07) is 13.0. The van der Waals surface area contributed by atoms with Gasteiger partial charge in [0.1, 0.15) is 5.75 Å². The summed E-state index contributed by atoms with van der Waals surface area (Å²) in [5.41, 5.74) is 4.31. The van der Waals surface area contributed by atoms with Crippen LogP contribution in [0.3, 0.4) is 0 Å². The van der Waals surface area contributed by atoms with E-state index in [1.54, 1.807) is 12.1 Å². The zero-order valence-electron chi connectivity index (χ0n) is 10.6. The van der Waals surface area contributed by atoms with Gasteiger partial charge in [-0.05, 0) is 60.4 Å². The van der Waals surface area contributed by atoms with Gasteiger partial charge in [-0.25, -0.2) is 0 Å². The number of hydrogen-bond donors (Lipinski definition) is 1. The number of phenolic OH excluding ortho intramolecular Hbond substituents is 1. The van der Waals surface area contributed by atoms with Crippen LogP contribution in [0.1, 0.15) is 27.8 Å². The van der Waals surface area contributed by atoms with E-state index >= 15 is 0 Å². The Labute approximate surface area is 112 Å². The van der Waals surface area contributed by atoms with Gasteiger partial charge < -0.3 is 5.11 Å². The van der Waals surface area contributed by atoms with Crippen molar-refractivity contribution in [3.05, 3.63) is 64.2 Å². The highest BCUT2D eigenvalue weighted by molar-refractivity contribution is 5.44. The summed E-state index contributed by atoms with van der Waals surface area (Å²) in [6.45, 7) is 1.96. The first-order chi connectivity index (χ1) is 9.10. The molecular formula is C17H13NO. The van der Waals surface area contributed by atoms with E-state index in [0.717, 1.165) is 16.7 Å². The first-order valence-corrected chi connectivity index (χ1v) is 5.91. The smallest absolute Gasteiger partial charge is 0.117 e. The molecule has 0 bridgehead atoms. The van der Waals surface area contributed by atoms with Crippen molar-refractivity contribution in [3.8, 4) is 24.2 Å². The molecule has 0 fully saturated rings. The molecular weight excluding hydrogens is 234 g/mol. The highest BCUT2D eigenvalue weighted by Gasteiger charge is 2.03. The predicted octanol–water partition coefficient (Wildman–Crippen LogP) is 3.14. The first kappa shape index (κ1) is 12.7. The lowest BCUT2D eigenvalue weighted by molar-refractivity contribution is 0.474. The van der Waals surface area contributed by atoms with E-state index in [1.165, 1.54) is 0 Å². The van der Waals surface area contributed by atoms with Crippen molar-refractivity contribution >= 4 is 0 Å². The van der Waals surface area contributed by atoms with Crippen LogP contribution in [0.15, 0.2) is 36.4 Å². The number of aryl methyl sites for hydroxylation is 1. The Hall–Kier alpha value is -2.71. The molecule has 0 spiro atoms. The molecule has 1 N–H and O–H groups in total. The minimum absolute atomic E-state index is 0.165. The van der Waals surface area contributed by atoms with Crippen LogP contribution in [0.2, 0.25) is 0 Å². The summed E-state index contributed by atoms with van der Waals surface area (Å²) in [4.78, 5) is 0. The molecule has 2 heteroatoms. The lowest BCUT2D eigenvalue weighted by atomic mass is 9.99. The predicted molar refractivity (Wildman–Crippen MR) is 74.7 cm³/mol. The van der Waals surface area contributed by atoms with E-state index < -0.39 is 0 Å². The molecule has 92 valence electrons. The standard InChI is InChI=1S/C17H13NO/c1-3-13-6-15(10-17(19)9-13)7-14-4-12(2)5-16(8-14)11-18/h1,4-6,8-10,19H,7H2,2H3. The summed E-state index contributed by atoms with van der Waals surface area (Å²) in [6.07, 6.45) is 5.98. The summed E-state index contributed by atoms with van der Waals surface area (Å²) < 4.78 is 0. The number of nitriles is 1. The normalized spacial score (nSPS) is 9.63. The molecule has 2 aromatic carbocycles. The van der Waals surface area contributed by atoms with Gasteiger partial charge in [-0.1, -0.05) is 12.0 Å². The molecule has 19 heavy (non-hydrogen) atoms. The number of benzene rings is 2. The Morgan fingerprint density at radius 1 is 1.05 bits per heavy atom. The van der Waals surface area contributed by atoms with Crippen molar-refractivity contribution < 1.29 is 5.11 Å². The van der Waals surface area contributed by atoms with Crippen molar-refractivity contribution in [1.29, 1.82) is 5.26 Å². The van der Waals surface area contributed by atoms with E-state index in [1.807, 2.05) is 31.2 Å². The van der Waals surface area contributed by atoms with Gasteiger partial charge in [0.25, 0.3) is 0 Å².